The second kappa shape index (κ2) is 8.83. The number of benzene rings is 3. The Balaban J connectivity index is 1.42. The van der Waals surface area contributed by atoms with E-state index in [1.54, 1.807) is 41.4 Å². The average molecular weight is 582 g/mol. The Bertz CT molecular complexity index is 1520. The minimum atomic E-state index is -4.58. The summed E-state index contributed by atoms with van der Waals surface area (Å²) in [6, 6.07) is 16.8. The molecular formula is C28H19BrF3N3O3. The SMILES string of the molecule is O=C(Nc1cccc(C(F)(F)F)c1)[C@@H]1[C@@H]2C(=O)N(c3cccc(Br)c3)C(=O)[C@@H]2[C@H]2c3ccccc3C=CN12. The summed E-state index contributed by atoms with van der Waals surface area (Å²) in [7, 11) is 0. The molecule has 0 radical (unpaired) electrons. The van der Waals surface area contributed by atoms with Gasteiger partial charge in [-0.2, -0.15) is 13.2 Å². The Kier molecular flexibility index (Phi) is 5.68. The van der Waals surface area contributed by atoms with E-state index < -0.39 is 53.4 Å². The van der Waals surface area contributed by atoms with Gasteiger partial charge in [0.05, 0.1) is 29.1 Å². The highest BCUT2D eigenvalue weighted by Gasteiger charge is 2.64. The Morgan fingerprint density at radius 2 is 1.63 bits per heavy atom. The molecule has 0 aromatic heterocycles. The van der Waals surface area contributed by atoms with Crippen molar-refractivity contribution in [3.63, 3.8) is 0 Å². The van der Waals surface area contributed by atoms with Gasteiger partial charge in [-0.15, -0.1) is 0 Å². The highest BCUT2D eigenvalue weighted by Crippen LogP contribution is 2.53. The van der Waals surface area contributed by atoms with Crippen LogP contribution in [-0.4, -0.2) is 28.7 Å². The van der Waals surface area contributed by atoms with Crippen LogP contribution in [0.15, 0.2) is 83.5 Å². The van der Waals surface area contributed by atoms with Crippen LogP contribution in [0.5, 0.6) is 0 Å². The molecule has 38 heavy (non-hydrogen) atoms. The van der Waals surface area contributed by atoms with E-state index >= 15 is 0 Å². The van der Waals surface area contributed by atoms with Crippen LogP contribution in [0, 0.1) is 11.8 Å². The van der Waals surface area contributed by atoms with Gasteiger partial charge in [-0.1, -0.05) is 52.3 Å². The van der Waals surface area contributed by atoms with Gasteiger partial charge in [0.15, 0.2) is 0 Å². The topological polar surface area (TPSA) is 69.7 Å². The number of anilines is 2. The maximum absolute atomic E-state index is 13.8. The van der Waals surface area contributed by atoms with E-state index in [4.69, 9.17) is 0 Å². The summed E-state index contributed by atoms with van der Waals surface area (Å²) in [6.45, 7) is 0. The number of fused-ring (bicyclic) bond motifs is 5. The van der Waals surface area contributed by atoms with Gasteiger partial charge < -0.3 is 10.2 Å². The average Bonchev–Trinajstić information content (AvgIpc) is 3.36. The Labute approximate surface area is 223 Å². The van der Waals surface area contributed by atoms with E-state index in [2.05, 4.69) is 21.2 Å². The molecule has 0 spiro atoms. The molecule has 3 aromatic rings. The number of carbonyl (C=O) groups excluding carboxylic acids is 3. The Morgan fingerprint density at radius 1 is 0.895 bits per heavy atom. The van der Waals surface area contributed by atoms with Crippen molar-refractivity contribution in [3.05, 3.63) is 100 Å². The number of imide groups is 1. The van der Waals surface area contributed by atoms with Gasteiger partial charge >= 0.3 is 6.18 Å². The van der Waals surface area contributed by atoms with E-state index in [0.29, 0.717) is 10.2 Å². The highest BCUT2D eigenvalue weighted by atomic mass is 79.9. The van der Waals surface area contributed by atoms with E-state index in [9.17, 15) is 27.6 Å². The normalized spacial score (nSPS) is 23.8. The maximum Gasteiger partial charge on any atom is 0.416 e. The summed E-state index contributed by atoms with van der Waals surface area (Å²) in [6.07, 6.45) is -1.09. The molecule has 3 aromatic carbocycles. The highest BCUT2D eigenvalue weighted by molar-refractivity contribution is 9.10. The second-order valence-corrected chi connectivity index (χ2v) is 10.3. The zero-order chi connectivity index (χ0) is 26.8. The smallest absolute Gasteiger partial charge is 0.357 e. The van der Waals surface area contributed by atoms with Crippen LogP contribution in [0.3, 0.4) is 0 Å². The van der Waals surface area contributed by atoms with Crippen molar-refractivity contribution in [1.29, 1.82) is 0 Å². The van der Waals surface area contributed by atoms with Crippen molar-refractivity contribution < 1.29 is 27.6 Å². The van der Waals surface area contributed by atoms with Crippen molar-refractivity contribution in [2.75, 3.05) is 10.2 Å². The van der Waals surface area contributed by atoms with Gasteiger partial charge in [0, 0.05) is 16.4 Å². The van der Waals surface area contributed by atoms with Crippen molar-refractivity contribution in [2.24, 2.45) is 11.8 Å². The van der Waals surface area contributed by atoms with Gasteiger partial charge in [0.25, 0.3) is 0 Å². The van der Waals surface area contributed by atoms with Crippen LogP contribution in [-0.2, 0) is 20.6 Å². The van der Waals surface area contributed by atoms with Crippen LogP contribution in [0.2, 0.25) is 0 Å². The van der Waals surface area contributed by atoms with Crippen LogP contribution in [0.4, 0.5) is 24.5 Å². The summed E-state index contributed by atoms with van der Waals surface area (Å²) in [4.78, 5) is 44.1. The molecular weight excluding hydrogens is 563 g/mol. The molecule has 6 rings (SSSR count). The minimum Gasteiger partial charge on any atom is -0.357 e. The van der Waals surface area contributed by atoms with Crippen molar-refractivity contribution >= 4 is 51.1 Å². The number of nitrogens with zero attached hydrogens (tertiary/aromatic N) is 2. The standard InChI is InChI=1S/C28H19BrF3N3O3/c29-17-7-4-9-19(14-17)35-26(37)21-22(27(35)38)24(34-12-11-15-5-1-2-10-20(15)23(21)34)25(36)33-18-8-3-6-16(13-18)28(30,31)32/h1-14,21-24H,(H,33,36)/t21-,22+,23+,24-/m0/s1. The molecule has 3 aliphatic heterocycles. The number of carbonyl (C=O) groups is 3. The van der Waals surface area contributed by atoms with Gasteiger partial charge in [0.1, 0.15) is 6.04 Å². The number of hydrogen-bond donors (Lipinski definition) is 1. The third-order valence-electron chi connectivity index (χ3n) is 7.25. The molecule has 2 fully saturated rings. The van der Waals surface area contributed by atoms with Crippen LogP contribution in [0.25, 0.3) is 6.08 Å². The number of rotatable bonds is 3. The van der Waals surface area contributed by atoms with Crippen molar-refractivity contribution in [1.82, 2.24) is 4.90 Å². The summed E-state index contributed by atoms with van der Waals surface area (Å²) in [5.41, 5.74) is 1.10. The molecule has 0 aliphatic carbocycles. The van der Waals surface area contributed by atoms with Crippen LogP contribution in [0.1, 0.15) is 22.7 Å². The predicted molar refractivity (Wildman–Crippen MR) is 138 cm³/mol. The first-order valence-corrected chi connectivity index (χ1v) is 12.6. The van der Waals surface area contributed by atoms with Gasteiger partial charge in [-0.25, -0.2) is 4.90 Å². The van der Waals surface area contributed by atoms with E-state index in [-0.39, 0.29) is 5.69 Å². The van der Waals surface area contributed by atoms with Crippen LogP contribution >= 0.6 is 15.9 Å². The number of halogens is 4. The lowest BCUT2D eigenvalue weighted by atomic mass is 9.84. The quantitative estimate of drug-likeness (QED) is 0.407. The molecule has 6 nitrogen and oxygen atoms in total. The first kappa shape index (κ1) is 24.4. The molecule has 192 valence electrons. The third kappa shape index (κ3) is 3.82. The molecule has 0 saturated carbocycles. The zero-order valence-electron chi connectivity index (χ0n) is 19.5. The van der Waals surface area contributed by atoms with E-state index in [1.165, 1.54) is 12.1 Å². The maximum atomic E-state index is 13.8. The zero-order valence-corrected chi connectivity index (χ0v) is 21.1. The van der Waals surface area contributed by atoms with Gasteiger partial charge in [0.2, 0.25) is 17.7 Å². The lowest BCUT2D eigenvalue weighted by Gasteiger charge is -2.35. The van der Waals surface area contributed by atoms with Gasteiger partial charge in [-0.05, 0) is 53.6 Å². The number of hydrogen-bond acceptors (Lipinski definition) is 4. The lowest BCUT2D eigenvalue weighted by Crippen LogP contribution is -2.46. The number of nitrogens with one attached hydrogen (secondary N) is 1. The summed E-state index contributed by atoms with van der Waals surface area (Å²) < 4.78 is 40.4. The fourth-order valence-corrected chi connectivity index (χ4v) is 6.10. The lowest BCUT2D eigenvalue weighted by molar-refractivity contribution is -0.137. The molecule has 2 saturated heterocycles. The first-order valence-electron chi connectivity index (χ1n) is 11.8. The Morgan fingerprint density at radius 3 is 2.39 bits per heavy atom. The van der Waals surface area contributed by atoms with Crippen molar-refractivity contribution in [3.8, 4) is 0 Å². The number of alkyl halides is 3. The fraction of sp³-hybridized carbons (Fsp3) is 0.179. The fourth-order valence-electron chi connectivity index (χ4n) is 5.72. The summed E-state index contributed by atoms with van der Waals surface area (Å²) in [5, 5.41) is 2.56. The molecule has 3 aliphatic rings. The van der Waals surface area contributed by atoms with Gasteiger partial charge in [-0.3, -0.25) is 14.4 Å². The minimum absolute atomic E-state index is 0.0492. The molecule has 0 unspecified atom stereocenters. The number of amides is 3. The van der Waals surface area contributed by atoms with Crippen LogP contribution < -0.4 is 10.2 Å². The molecule has 4 atom stereocenters. The second-order valence-electron chi connectivity index (χ2n) is 9.39. The summed E-state index contributed by atoms with van der Waals surface area (Å²) in [5.74, 6) is -3.50. The molecule has 0 bridgehead atoms. The summed E-state index contributed by atoms with van der Waals surface area (Å²) >= 11 is 3.37. The molecule has 1 N–H and O–H groups in total. The van der Waals surface area contributed by atoms with Crippen molar-refractivity contribution in [2.45, 2.75) is 18.3 Å². The predicted octanol–water partition coefficient (Wildman–Crippen LogP) is 5.62. The van der Waals surface area contributed by atoms with E-state index in [1.807, 2.05) is 24.3 Å². The molecule has 10 heteroatoms. The van der Waals surface area contributed by atoms with E-state index in [0.717, 1.165) is 28.2 Å². The molecule has 3 heterocycles. The Hall–Kier alpha value is -3.92. The first-order chi connectivity index (χ1) is 18.1. The molecule has 3 amide bonds. The monoisotopic (exact) mass is 581 g/mol. The third-order valence-corrected chi connectivity index (χ3v) is 7.75. The largest absolute Gasteiger partial charge is 0.416 e.